The van der Waals surface area contributed by atoms with E-state index in [1.54, 1.807) is 23.3 Å². The first-order chi connectivity index (χ1) is 10.7. The first-order valence-corrected chi connectivity index (χ1v) is 7.96. The van der Waals surface area contributed by atoms with Crippen molar-refractivity contribution >= 4 is 23.0 Å². The molecule has 1 amide bonds. The highest BCUT2D eigenvalue weighted by atomic mass is 32.1. The van der Waals surface area contributed by atoms with E-state index in [1.807, 2.05) is 29.6 Å². The van der Waals surface area contributed by atoms with Crippen molar-refractivity contribution in [1.29, 1.82) is 0 Å². The number of rotatable bonds is 2. The summed E-state index contributed by atoms with van der Waals surface area (Å²) in [6, 6.07) is 7.79. The van der Waals surface area contributed by atoms with Crippen molar-refractivity contribution in [3.05, 3.63) is 46.2 Å². The molecule has 2 aliphatic heterocycles. The molecule has 6 heteroatoms. The van der Waals surface area contributed by atoms with Crippen molar-refractivity contribution in [3.63, 3.8) is 0 Å². The van der Waals surface area contributed by atoms with E-state index in [9.17, 15) is 4.79 Å². The Morgan fingerprint density at radius 1 is 1.32 bits per heavy atom. The minimum atomic E-state index is -0.0491. The third kappa shape index (κ3) is 2.16. The molecule has 112 valence electrons. The standard InChI is InChI=1S/C16H14N2O3S/c1-10(19)18-14(12-4-5-22-8-12)7-13(17-18)11-2-3-15-16(6-11)21-9-20-15/h2-6,8,14H,7,9H2,1H3/t14-/m1/s1. The molecule has 2 aliphatic rings. The van der Waals surface area contributed by atoms with E-state index in [1.165, 1.54) is 0 Å². The monoisotopic (exact) mass is 314 g/mol. The molecule has 0 spiro atoms. The average molecular weight is 314 g/mol. The second-order valence-corrected chi connectivity index (χ2v) is 6.03. The Morgan fingerprint density at radius 2 is 2.18 bits per heavy atom. The van der Waals surface area contributed by atoms with Crippen LogP contribution in [0.5, 0.6) is 11.5 Å². The van der Waals surface area contributed by atoms with Crippen LogP contribution in [-0.4, -0.2) is 23.4 Å². The molecule has 5 nitrogen and oxygen atoms in total. The topological polar surface area (TPSA) is 51.1 Å². The van der Waals surface area contributed by atoms with Gasteiger partial charge in [-0.1, -0.05) is 0 Å². The fourth-order valence-electron chi connectivity index (χ4n) is 2.78. The summed E-state index contributed by atoms with van der Waals surface area (Å²) in [6.07, 6.45) is 0.704. The van der Waals surface area contributed by atoms with Crippen LogP contribution in [-0.2, 0) is 4.79 Å². The van der Waals surface area contributed by atoms with Gasteiger partial charge in [0.1, 0.15) is 0 Å². The molecule has 0 N–H and O–H groups in total. The number of hydrazone groups is 1. The zero-order chi connectivity index (χ0) is 15.1. The largest absolute Gasteiger partial charge is 0.454 e. The molecule has 3 heterocycles. The van der Waals surface area contributed by atoms with Gasteiger partial charge in [0.25, 0.3) is 0 Å². The van der Waals surface area contributed by atoms with Crippen LogP contribution >= 0.6 is 11.3 Å². The van der Waals surface area contributed by atoms with Gasteiger partial charge in [-0.2, -0.15) is 16.4 Å². The molecule has 0 saturated heterocycles. The Hall–Kier alpha value is -2.34. The molecular formula is C16H14N2O3S. The van der Waals surface area contributed by atoms with Gasteiger partial charge in [-0.25, -0.2) is 5.01 Å². The number of nitrogens with zero attached hydrogens (tertiary/aromatic N) is 2. The predicted octanol–water partition coefficient (Wildman–Crippen LogP) is 3.17. The average Bonchev–Trinajstić information content (AvgIpc) is 3.25. The number of hydrogen-bond acceptors (Lipinski definition) is 5. The maximum atomic E-state index is 11.9. The quantitative estimate of drug-likeness (QED) is 0.855. The van der Waals surface area contributed by atoms with Crippen molar-refractivity contribution < 1.29 is 14.3 Å². The van der Waals surface area contributed by atoms with E-state index in [-0.39, 0.29) is 18.7 Å². The van der Waals surface area contributed by atoms with Crippen LogP contribution in [0, 0.1) is 0 Å². The Morgan fingerprint density at radius 3 is 2.95 bits per heavy atom. The van der Waals surface area contributed by atoms with Crippen molar-refractivity contribution in [3.8, 4) is 11.5 Å². The van der Waals surface area contributed by atoms with Crippen LogP contribution in [0.4, 0.5) is 0 Å². The third-order valence-electron chi connectivity index (χ3n) is 3.87. The molecule has 4 rings (SSSR count). The van der Waals surface area contributed by atoms with Crippen molar-refractivity contribution in [2.75, 3.05) is 6.79 Å². The number of benzene rings is 1. The van der Waals surface area contributed by atoms with Gasteiger partial charge in [0, 0.05) is 18.9 Å². The highest BCUT2D eigenvalue weighted by Crippen LogP contribution is 2.37. The number of ether oxygens (including phenoxy) is 2. The van der Waals surface area contributed by atoms with Crippen LogP contribution in [0.15, 0.2) is 40.1 Å². The van der Waals surface area contributed by atoms with E-state index in [0.29, 0.717) is 6.42 Å². The summed E-state index contributed by atoms with van der Waals surface area (Å²) in [5, 5.41) is 10.2. The second-order valence-electron chi connectivity index (χ2n) is 5.25. The fraction of sp³-hybridized carbons (Fsp3) is 0.250. The maximum Gasteiger partial charge on any atom is 0.240 e. The van der Waals surface area contributed by atoms with Crippen molar-refractivity contribution in [2.24, 2.45) is 5.10 Å². The summed E-state index contributed by atoms with van der Waals surface area (Å²) in [7, 11) is 0. The molecule has 22 heavy (non-hydrogen) atoms. The summed E-state index contributed by atoms with van der Waals surface area (Å²) in [5.74, 6) is 1.43. The molecule has 0 saturated carbocycles. The molecule has 1 atom stereocenters. The van der Waals surface area contributed by atoms with E-state index >= 15 is 0 Å². The van der Waals surface area contributed by atoms with Crippen LogP contribution in [0.25, 0.3) is 0 Å². The van der Waals surface area contributed by atoms with Crippen LogP contribution in [0.2, 0.25) is 0 Å². The van der Waals surface area contributed by atoms with Crippen LogP contribution < -0.4 is 9.47 Å². The van der Waals surface area contributed by atoms with E-state index in [2.05, 4.69) is 10.5 Å². The minimum Gasteiger partial charge on any atom is -0.454 e. The van der Waals surface area contributed by atoms with Crippen LogP contribution in [0.1, 0.15) is 30.5 Å². The highest BCUT2D eigenvalue weighted by molar-refractivity contribution is 7.08. The molecule has 0 radical (unpaired) electrons. The predicted molar refractivity (Wildman–Crippen MR) is 83.3 cm³/mol. The number of amides is 1. The smallest absolute Gasteiger partial charge is 0.240 e. The number of fused-ring (bicyclic) bond motifs is 1. The van der Waals surface area contributed by atoms with Gasteiger partial charge in [0.15, 0.2) is 11.5 Å². The maximum absolute atomic E-state index is 11.9. The molecule has 0 aliphatic carbocycles. The van der Waals surface area contributed by atoms with E-state index in [4.69, 9.17) is 9.47 Å². The Bertz CT molecular complexity index is 755. The Labute approximate surface area is 131 Å². The molecule has 1 aromatic heterocycles. The van der Waals surface area contributed by atoms with Crippen molar-refractivity contribution in [1.82, 2.24) is 5.01 Å². The molecule has 0 fully saturated rings. The van der Waals surface area contributed by atoms with Gasteiger partial charge < -0.3 is 9.47 Å². The first kappa shape index (κ1) is 13.3. The molecule has 1 aromatic carbocycles. The SMILES string of the molecule is CC(=O)N1N=C(c2ccc3c(c2)OCO3)C[C@@H]1c1ccsc1. The van der Waals surface area contributed by atoms with Crippen molar-refractivity contribution in [2.45, 2.75) is 19.4 Å². The van der Waals surface area contributed by atoms with Gasteiger partial charge in [-0.3, -0.25) is 4.79 Å². The zero-order valence-corrected chi connectivity index (χ0v) is 12.8. The van der Waals surface area contributed by atoms with Gasteiger partial charge in [0.05, 0.1) is 11.8 Å². The molecular weight excluding hydrogens is 300 g/mol. The Balaban J connectivity index is 1.68. The summed E-state index contributed by atoms with van der Waals surface area (Å²) >= 11 is 1.63. The van der Waals surface area contributed by atoms with Crippen LogP contribution in [0.3, 0.4) is 0 Å². The normalized spacial score (nSPS) is 19.4. The lowest BCUT2D eigenvalue weighted by Gasteiger charge is -2.18. The first-order valence-electron chi connectivity index (χ1n) is 7.02. The van der Waals surface area contributed by atoms with Gasteiger partial charge in [0.2, 0.25) is 12.7 Å². The molecule has 0 bridgehead atoms. The lowest BCUT2D eigenvalue weighted by atomic mass is 10.00. The number of thiophene rings is 1. The summed E-state index contributed by atoms with van der Waals surface area (Å²) in [6.45, 7) is 1.80. The highest BCUT2D eigenvalue weighted by Gasteiger charge is 2.32. The number of hydrogen-bond donors (Lipinski definition) is 0. The summed E-state index contributed by atoms with van der Waals surface area (Å²) in [4.78, 5) is 11.9. The van der Waals surface area contributed by atoms with Gasteiger partial charge >= 0.3 is 0 Å². The van der Waals surface area contributed by atoms with Gasteiger partial charge in [-0.05, 0) is 40.6 Å². The zero-order valence-electron chi connectivity index (χ0n) is 12.0. The lowest BCUT2D eigenvalue weighted by Crippen LogP contribution is -2.23. The number of carbonyl (C=O) groups excluding carboxylic acids is 1. The Kier molecular flexibility index (Phi) is 3.11. The number of carbonyl (C=O) groups is 1. The lowest BCUT2D eigenvalue weighted by molar-refractivity contribution is -0.130. The second kappa shape index (κ2) is 5.14. The van der Waals surface area contributed by atoms with Gasteiger partial charge in [-0.15, -0.1) is 0 Å². The molecule has 2 aromatic rings. The summed E-state index contributed by atoms with van der Waals surface area (Å²) in [5.41, 5.74) is 2.98. The van der Waals surface area contributed by atoms with E-state index in [0.717, 1.165) is 28.3 Å². The molecule has 0 unspecified atom stereocenters. The summed E-state index contributed by atoms with van der Waals surface area (Å²) < 4.78 is 10.7. The minimum absolute atomic E-state index is 0.0239. The van der Waals surface area contributed by atoms with E-state index < -0.39 is 0 Å². The third-order valence-corrected chi connectivity index (χ3v) is 4.57. The fourth-order valence-corrected chi connectivity index (χ4v) is 3.48.